The largest absolute Gasteiger partial charge is 0.493 e. The highest BCUT2D eigenvalue weighted by Gasteiger charge is 2.49. The van der Waals surface area contributed by atoms with Gasteiger partial charge in [0.25, 0.3) is 0 Å². The smallest absolute Gasteiger partial charge is 0.161 e. The van der Waals surface area contributed by atoms with E-state index in [2.05, 4.69) is 36.1 Å². The van der Waals surface area contributed by atoms with Gasteiger partial charge in [-0.2, -0.15) is 0 Å². The molecule has 2 aliphatic rings. The maximum Gasteiger partial charge on any atom is 0.161 e. The van der Waals surface area contributed by atoms with E-state index in [4.69, 9.17) is 14.2 Å². The molecule has 27 heavy (non-hydrogen) atoms. The first-order valence-electron chi connectivity index (χ1n) is 9.44. The summed E-state index contributed by atoms with van der Waals surface area (Å²) in [4.78, 5) is 2.39. The summed E-state index contributed by atoms with van der Waals surface area (Å²) in [6, 6.07) is 14.6. The highest BCUT2D eigenvalue weighted by molar-refractivity contribution is 5.50. The van der Waals surface area contributed by atoms with Gasteiger partial charge >= 0.3 is 0 Å². The topological polar surface area (TPSA) is 51.2 Å². The third kappa shape index (κ3) is 2.90. The van der Waals surface area contributed by atoms with Gasteiger partial charge < -0.3 is 19.3 Å². The van der Waals surface area contributed by atoms with Gasteiger partial charge in [-0.15, -0.1) is 0 Å². The fraction of sp³-hybridized carbons (Fsp3) is 0.455. The van der Waals surface area contributed by atoms with Crippen LogP contribution >= 0.6 is 0 Å². The molecule has 0 aromatic heterocycles. The lowest BCUT2D eigenvalue weighted by molar-refractivity contribution is -0.234. The Balaban J connectivity index is 1.82. The molecule has 1 N–H and O–H groups in total. The van der Waals surface area contributed by atoms with Crippen LogP contribution in [0.5, 0.6) is 11.5 Å². The van der Waals surface area contributed by atoms with Crippen molar-refractivity contribution in [3.8, 4) is 11.5 Å². The van der Waals surface area contributed by atoms with Gasteiger partial charge in [0.15, 0.2) is 11.5 Å². The molecular formula is C22H27NO4. The third-order valence-electron chi connectivity index (χ3n) is 6.04. The maximum atomic E-state index is 10.1. The van der Waals surface area contributed by atoms with Gasteiger partial charge in [0.05, 0.1) is 20.8 Å². The first-order chi connectivity index (χ1) is 13.1. The van der Waals surface area contributed by atoms with Crippen molar-refractivity contribution in [1.29, 1.82) is 0 Å². The summed E-state index contributed by atoms with van der Waals surface area (Å²) in [5.41, 5.74) is 3.06. The van der Waals surface area contributed by atoms with Gasteiger partial charge in [0.2, 0.25) is 0 Å². The van der Waals surface area contributed by atoms with E-state index in [1.54, 1.807) is 14.2 Å². The minimum absolute atomic E-state index is 0.0129. The molecule has 1 fully saturated rings. The second-order valence-corrected chi connectivity index (χ2v) is 7.40. The fourth-order valence-electron chi connectivity index (χ4n) is 4.56. The van der Waals surface area contributed by atoms with Crippen molar-refractivity contribution in [1.82, 2.24) is 4.90 Å². The first-order valence-corrected chi connectivity index (χ1v) is 9.44. The Morgan fingerprint density at radius 3 is 2.52 bits per heavy atom. The number of fused-ring (bicyclic) bond motifs is 3. The van der Waals surface area contributed by atoms with Crippen molar-refractivity contribution in [3.05, 3.63) is 59.2 Å². The molecule has 144 valence electrons. The Morgan fingerprint density at radius 1 is 1.15 bits per heavy atom. The Labute approximate surface area is 160 Å². The number of benzene rings is 2. The number of hydrogen-bond acceptors (Lipinski definition) is 5. The van der Waals surface area contributed by atoms with E-state index in [-0.39, 0.29) is 18.6 Å². The average Bonchev–Trinajstić information content (AvgIpc) is 2.73. The number of nitrogens with zero attached hydrogens (tertiary/aromatic N) is 1. The van der Waals surface area contributed by atoms with E-state index >= 15 is 0 Å². The van der Waals surface area contributed by atoms with Crippen molar-refractivity contribution in [2.24, 2.45) is 5.92 Å². The Morgan fingerprint density at radius 2 is 1.85 bits per heavy atom. The molecule has 1 saturated heterocycles. The zero-order valence-electron chi connectivity index (χ0n) is 16.1. The summed E-state index contributed by atoms with van der Waals surface area (Å²) in [5, 5.41) is 10.1. The van der Waals surface area contributed by atoms with Crippen LogP contribution in [0.4, 0.5) is 0 Å². The van der Waals surface area contributed by atoms with Crippen molar-refractivity contribution in [2.75, 3.05) is 34.0 Å². The molecule has 5 nitrogen and oxygen atoms in total. The minimum Gasteiger partial charge on any atom is -0.493 e. The van der Waals surface area contributed by atoms with Gasteiger partial charge in [0.1, 0.15) is 5.72 Å². The fourth-order valence-corrected chi connectivity index (χ4v) is 4.56. The normalized spacial score (nSPS) is 27.6. The molecule has 2 aromatic carbocycles. The van der Waals surface area contributed by atoms with Crippen LogP contribution in [-0.2, 0) is 16.9 Å². The van der Waals surface area contributed by atoms with Crippen molar-refractivity contribution < 1.29 is 19.3 Å². The van der Waals surface area contributed by atoms with Crippen LogP contribution < -0.4 is 9.47 Å². The summed E-state index contributed by atoms with van der Waals surface area (Å²) in [5.74, 6) is 1.49. The van der Waals surface area contributed by atoms with E-state index in [0.717, 1.165) is 30.0 Å². The molecule has 0 radical (unpaired) electrons. The van der Waals surface area contributed by atoms with E-state index in [1.807, 2.05) is 18.2 Å². The maximum absolute atomic E-state index is 10.1. The Bertz CT molecular complexity index is 809. The number of methoxy groups -OCH3 is 2. The lowest BCUT2D eigenvalue weighted by Gasteiger charge is -2.54. The molecule has 0 bridgehead atoms. The molecule has 0 saturated carbocycles. The molecular weight excluding hydrogens is 342 g/mol. The average molecular weight is 369 g/mol. The Kier molecular flexibility index (Phi) is 4.84. The highest BCUT2D eigenvalue weighted by atomic mass is 16.5. The lowest BCUT2D eigenvalue weighted by Crippen LogP contribution is -2.57. The zero-order chi connectivity index (χ0) is 19.0. The molecule has 2 heterocycles. The summed E-state index contributed by atoms with van der Waals surface area (Å²) in [6.07, 6.45) is 0.899. The molecule has 2 aromatic rings. The van der Waals surface area contributed by atoms with Gasteiger partial charge in [-0.1, -0.05) is 30.3 Å². The van der Waals surface area contributed by atoms with Gasteiger partial charge in [0, 0.05) is 25.1 Å². The van der Waals surface area contributed by atoms with E-state index in [9.17, 15) is 5.11 Å². The van der Waals surface area contributed by atoms with Gasteiger partial charge in [-0.05, 0) is 42.2 Å². The molecule has 0 spiro atoms. The minimum atomic E-state index is -0.525. The quantitative estimate of drug-likeness (QED) is 0.897. The third-order valence-corrected chi connectivity index (χ3v) is 6.04. The predicted octanol–water partition coefficient (Wildman–Crippen LogP) is 3.11. The summed E-state index contributed by atoms with van der Waals surface area (Å²) in [6.45, 7) is 3.58. The van der Waals surface area contributed by atoms with Crippen molar-refractivity contribution in [2.45, 2.75) is 25.1 Å². The second kappa shape index (κ2) is 7.15. The first kappa shape index (κ1) is 18.3. The van der Waals surface area contributed by atoms with E-state index < -0.39 is 5.72 Å². The molecule has 0 aliphatic carbocycles. The van der Waals surface area contributed by atoms with E-state index in [0.29, 0.717) is 6.61 Å². The SMILES string of the molecule is COc1cc2c(cc1OC)C1C(CO)COC(C)(c3ccccc3)N1CC2. The molecule has 3 unspecified atom stereocenters. The Hall–Kier alpha value is -2.08. The van der Waals surface area contributed by atoms with Crippen LogP contribution in [0.2, 0.25) is 0 Å². The van der Waals surface area contributed by atoms with Crippen LogP contribution in [0.3, 0.4) is 0 Å². The van der Waals surface area contributed by atoms with Crippen LogP contribution in [0.25, 0.3) is 0 Å². The molecule has 3 atom stereocenters. The van der Waals surface area contributed by atoms with Crippen LogP contribution in [0.1, 0.15) is 29.7 Å². The number of hydrogen-bond donors (Lipinski definition) is 1. The van der Waals surface area contributed by atoms with Crippen LogP contribution in [0.15, 0.2) is 42.5 Å². The molecule has 4 rings (SSSR count). The number of rotatable bonds is 4. The van der Waals surface area contributed by atoms with Crippen LogP contribution in [0, 0.1) is 5.92 Å². The van der Waals surface area contributed by atoms with Crippen LogP contribution in [-0.4, -0.2) is 44.0 Å². The van der Waals surface area contributed by atoms with E-state index in [1.165, 1.54) is 11.1 Å². The second-order valence-electron chi connectivity index (χ2n) is 7.40. The summed E-state index contributed by atoms with van der Waals surface area (Å²) < 4.78 is 17.4. The van der Waals surface area contributed by atoms with Crippen molar-refractivity contribution >= 4 is 0 Å². The molecule has 5 heteroatoms. The number of aliphatic hydroxyl groups is 1. The van der Waals surface area contributed by atoms with Gasteiger partial charge in [-0.25, -0.2) is 0 Å². The summed E-state index contributed by atoms with van der Waals surface area (Å²) in [7, 11) is 3.32. The van der Waals surface area contributed by atoms with Gasteiger partial charge in [-0.3, -0.25) is 4.90 Å². The number of aliphatic hydroxyl groups excluding tert-OH is 1. The lowest BCUT2D eigenvalue weighted by atomic mass is 9.81. The summed E-state index contributed by atoms with van der Waals surface area (Å²) >= 11 is 0. The zero-order valence-corrected chi connectivity index (χ0v) is 16.1. The van der Waals surface area contributed by atoms with Crippen molar-refractivity contribution in [3.63, 3.8) is 0 Å². The molecule has 0 amide bonds. The highest BCUT2D eigenvalue weighted by Crippen LogP contribution is 2.49. The molecule has 2 aliphatic heterocycles. The number of ether oxygens (including phenoxy) is 3. The standard InChI is InChI=1S/C22H27NO4/c1-22(17-7-5-4-6-8-17)23-10-9-15-11-19(25-2)20(26-3)12-18(15)21(23)16(13-24)14-27-22/h4-8,11-12,16,21,24H,9-10,13-14H2,1-3H3. The monoisotopic (exact) mass is 369 g/mol. The predicted molar refractivity (Wildman–Crippen MR) is 103 cm³/mol.